The molecule has 0 spiro atoms. The molecule has 0 aliphatic rings. The number of benzene rings is 2. The Morgan fingerprint density at radius 3 is 2.39 bits per heavy atom. The largest absolute Gasteiger partial charge is 0.481 e. The molecule has 4 rings (SSSR count). The van der Waals surface area contributed by atoms with Gasteiger partial charge in [-0.15, -0.1) is 0 Å². The first-order valence-corrected chi connectivity index (χ1v) is 11.5. The maximum atomic E-state index is 13.9. The molecule has 2 heterocycles. The van der Waals surface area contributed by atoms with Crippen LogP contribution in [0, 0.1) is 26.6 Å². The zero-order valence-corrected chi connectivity index (χ0v) is 18.9. The van der Waals surface area contributed by atoms with E-state index in [1.807, 2.05) is 6.92 Å². The Hall–Kier alpha value is -3.79. The van der Waals surface area contributed by atoms with Crippen molar-refractivity contribution < 1.29 is 22.7 Å². The van der Waals surface area contributed by atoms with Gasteiger partial charge in [-0.25, -0.2) is 26.7 Å². The lowest BCUT2D eigenvalue weighted by molar-refractivity contribution is -0.136. The van der Waals surface area contributed by atoms with E-state index in [-0.39, 0.29) is 27.1 Å². The van der Waals surface area contributed by atoms with Crippen LogP contribution in [-0.2, 0) is 21.2 Å². The fourth-order valence-corrected chi connectivity index (χ4v) is 5.43. The first kappa shape index (κ1) is 22.4. The molecule has 2 N–H and O–H groups in total. The summed E-state index contributed by atoms with van der Waals surface area (Å²) in [6.45, 7) is 5.15. The van der Waals surface area contributed by atoms with Crippen LogP contribution in [0.1, 0.15) is 22.8 Å². The second-order valence-electron chi connectivity index (χ2n) is 7.66. The Bertz CT molecular complexity index is 1480. The van der Waals surface area contributed by atoms with E-state index in [2.05, 4.69) is 15.3 Å². The molecule has 0 radical (unpaired) electrons. The molecule has 4 aromatic rings. The Morgan fingerprint density at radius 1 is 1.06 bits per heavy atom. The van der Waals surface area contributed by atoms with Crippen molar-refractivity contribution in [2.75, 3.05) is 5.32 Å². The molecule has 0 bridgehead atoms. The molecule has 2 aromatic carbocycles. The molecule has 0 unspecified atom stereocenters. The first-order valence-electron chi connectivity index (χ1n) is 10.0. The molecule has 0 aliphatic heterocycles. The van der Waals surface area contributed by atoms with E-state index in [0.29, 0.717) is 17.3 Å². The van der Waals surface area contributed by atoms with Gasteiger partial charge in [-0.1, -0.05) is 0 Å². The van der Waals surface area contributed by atoms with Crippen LogP contribution in [0.3, 0.4) is 0 Å². The van der Waals surface area contributed by atoms with E-state index in [4.69, 9.17) is 0 Å². The number of hydrogen-bond acceptors (Lipinski definition) is 6. The maximum absolute atomic E-state index is 13.9. The van der Waals surface area contributed by atoms with Crippen molar-refractivity contribution in [1.82, 2.24) is 13.9 Å². The van der Waals surface area contributed by atoms with E-state index >= 15 is 0 Å². The SMILES string of the molecule is Cc1cc(Nc2ccc(S(=O)(=O)n3c(C)c(CC(=O)O)c4cc(F)ccc43)cc2)nc(C)n1. The molecule has 2 aromatic heterocycles. The van der Waals surface area contributed by atoms with Crippen molar-refractivity contribution in [2.45, 2.75) is 32.1 Å². The predicted molar refractivity (Wildman–Crippen MR) is 122 cm³/mol. The summed E-state index contributed by atoms with van der Waals surface area (Å²) in [5.74, 6) is -0.512. The van der Waals surface area contributed by atoms with Gasteiger partial charge in [0.15, 0.2) is 0 Å². The third-order valence-electron chi connectivity index (χ3n) is 5.20. The molecule has 33 heavy (non-hydrogen) atoms. The average molecular weight is 469 g/mol. The Balaban J connectivity index is 1.75. The van der Waals surface area contributed by atoms with Crippen LogP contribution in [0.15, 0.2) is 53.4 Å². The molecule has 0 fully saturated rings. The number of aliphatic carboxylic acids is 1. The normalized spacial score (nSPS) is 11.6. The van der Waals surface area contributed by atoms with Crippen LogP contribution in [0.25, 0.3) is 10.9 Å². The zero-order chi connectivity index (χ0) is 23.9. The summed E-state index contributed by atoms with van der Waals surface area (Å²) >= 11 is 0. The summed E-state index contributed by atoms with van der Waals surface area (Å²) in [6, 6.07) is 11.5. The molecule has 0 amide bonds. The topological polar surface area (TPSA) is 114 Å². The monoisotopic (exact) mass is 468 g/mol. The number of fused-ring (bicyclic) bond motifs is 1. The number of carboxylic acids is 1. The van der Waals surface area contributed by atoms with E-state index in [1.165, 1.54) is 25.1 Å². The fourth-order valence-electron chi connectivity index (χ4n) is 3.85. The highest BCUT2D eigenvalue weighted by atomic mass is 32.2. The highest BCUT2D eigenvalue weighted by Crippen LogP contribution is 2.31. The van der Waals surface area contributed by atoms with Gasteiger partial charge >= 0.3 is 5.97 Å². The number of nitrogens with zero attached hydrogens (tertiary/aromatic N) is 3. The van der Waals surface area contributed by atoms with Gasteiger partial charge in [0.25, 0.3) is 10.0 Å². The van der Waals surface area contributed by atoms with E-state index < -0.39 is 28.2 Å². The number of anilines is 2. The number of halogens is 1. The number of hydrogen-bond donors (Lipinski definition) is 2. The van der Waals surface area contributed by atoms with Crippen LogP contribution in [0.5, 0.6) is 0 Å². The van der Waals surface area contributed by atoms with Crippen molar-refractivity contribution >= 4 is 38.4 Å². The van der Waals surface area contributed by atoms with Gasteiger partial charge in [-0.05, 0) is 68.8 Å². The maximum Gasteiger partial charge on any atom is 0.307 e. The molecular weight excluding hydrogens is 447 g/mol. The van der Waals surface area contributed by atoms with Crippen LogP contribution < -0.4 is 5.32 Å². The van der Waals surface area contributed by atoms with Crippen molar-refractivity contribution in [2.24, 2.45) is 0 Å². The van der Waals surface area contributed by atoms with Crippen molar-refractivity contribution in [3.8, 4) is 0 Å². The van der Waals surface area contributed by atoms with Gasteiger partial charge in [0.2, 0.25) is 0 Å². The summed E-state index contributed by atoms with van der Waals surface area (Å²) in [4.78, 5) is 19.9. The van der Waals surface area contributed by atoms with Gasteiger partial charge in [-0.2, -0.15) is 0 Å². The zero-order valence-electron chi connectivity index (χ0n) is 18.1. The number of rotatable bonds is 6. The minimum Gasteiger partial charge on any atom is -0.481 e. The Labute approximate surface area is 189 Å². The van der Waals surface area contributed by atoms with E-state index in [0.717, 1.165) is 21.8 Å². The lowest BCUT2D eigenvalue weighted by atomic mass is 10.1. The minimum absolute atomic E-state index is 0.00861. The van der Waals surface area contributed by atoms with Gasteiger partial charge < -0.3 is 10.4 Å². The second kappa shape index (κ2) is 8.28. The third-order valence-corrected chi connectivity index (χ3v) is 7.02. The molecule has 8 nitrogen and oxygen atoms in total. The predicted octanol–water partition coefficient (Wildman–Crippen LogP) is 4.10. The number of carbonyl (C=O) groups is 1. The van der Waals surface area contributed by atoms with Crippen LogP contribution in [0.2, 0.25) is 0 Å². The van der Waals surface area contributed by atoms with Crippen LogP contribution in [-0.4, -0.2) is 33.4 Å². The van der Waals surface area contributed by atoms with Gasteiger partial charge in [-0.3, -0.25) is 4.79 Å². The number of nitrogens with one attached hydrogen (secondary N) is 1. The highest BCUT2D eigenvalue weighted by Gasteiger charge is 2.26. The molecule has 10 heteroatoms. The molecule has 170 valence electrons. The highest BCUT2D eigenvalue weighted by molar-refractivity contribution is 7.90. The molecule has 0 aliphatic carbocycles. The van der Waals surface area contributed by atoms with Gasteiger partial charge in [0, 0.05) is 28.5 Å². The molecule has 0 saturated carbocycles. The Morgan fingerprint density at radius 2 is 1.76 bits per heavy atom. The summed E-state index contributed by atoms with van der Waals surface area (Å²) in [6.07, 6.45) is -0.422. The molecule has 0 atom stereocenters. The van der Waals surface area contributed by atoms with Crippen molar-refractivity contribution in [1.29, 1.82) is 0 Å². The smallest absolute Gasteiger partial charge is 0.307 e. The number of carboxylic acid groups (broad SMARTS) is 1. The average Bonchev–Trinajstić information content (AvgIpc) is 2.99. The minimum atomic E-state index is -4.08. The lowest BCUT2D eigenvalue weighted by Gasteiger charge is -2.12. The fraction of sp³-hybridized carbons (Fsp3) is 0.174. The lowest BCUT2D eigenvalue weighted by Crippen LogP contribution is -2.15. The summed E-state index contributed by atoms with van der Waals surface area (Å²) < 4.78 is 41.9. The van der Waals surface area contributed by atoms with Gasteiger partial charge in [0.05, 0.1) is 16.8 Å². The summed E-state index contributed by atoms with van der Waals surface area (Å²) in [7, 11) is -4.08. The second-order valence-corrected chi connectivity index (χ2v) is 9.44. The summed E-state index contributed by atoms with van der Waals surface area (Å²) in [5, 5.41) is 12.6. The number of aryl methyl sites for hydroxylation is 2. The Kier molecular flexibility index (Phi) is 5.62. The quantitative estimate of drug-likeness (QED) is 0.438. The first-order chi connectivity index (χ1) is 15.6. The molecule has 0 saturated heterocycles. The van der Waals surface area contributed by atoms with Crippen LogP contribution >= 0.6 is 0 Å². The van der Waals surface area contributed by atoms with Crippen molar-refractivity contribution in [3.05, 3.63) is 77.1 Å². The third kappa shape index (κ3) is 4.29. The standard InChI is InChI=1S/C23H21FN4O4S/c1-13-10-22(26-15(3)25-13)27-17-5-7-18(8-6-17)33(31,32)28-14(2)19(12-23(29)30)20-11-16(24)4-9-21(20)28/h4-11H,12H2,1-3H3,(H,29,30)(H,25,26,27). The number of aromatic nitrogens is 3. The van der Waals surface area contributed by atoms with Crippen LogP contribution in [0.4, 0.5) is 15.9 Å². The molecular formula is C23H21FN4O4S. The van der Waals surface area contributed by atoms with Crippen molar-refractivity contribution in [3.63, 3.8) is 0 Å². The van der Waals surface area contributed by atoms with E-state index in [9.17, 15) is 22.7 Å². The van der Waals surface area contributed by atoms with Gasteiger partial charge in [0.1, 0.15) is 17.5 Å². The van der Waals surface area contributed by atoms with E-state index in [1.54, 1.807) is 25.1 Å². The summed E-state index contributed by atoms with van der Waals surface area (Å²) in [5.41, 5.74) is 2.14.